The second-order valence-corrected chi connectivity index (χ2v) is 6.84. The van der Waals surface area contributed by atoms with Crippen LogP contribution in [0, 0.1) is 11.3 Å². The van der Waals surface area contributed by atoms with Crippen molar-refractivity contribution in [2.45, 2.75) is 44.8 Å². The van der Waals surface area contributed by atoms with Gasteiger partial charge in [0.25, 0.3) is 0 Å². The molecule has 108 valence electrons. The topological polar surface area (TPSA) is 36.3 Å². The number of halogens is 1. The maximum absolute atomic E-state index is 9.38. The van der Waals surface area contributed by atoms with E-state index in [9.17, 15) is 5.26 Å². The number of nitrogens with zero attached hydrogens (tertiary/aromatic N) is 2. The predicted molar refractivity (Wildman–Crippen MR) is 82.2 cm³/mol. The summed E-state index contributed by atoms with van der Waals surface area (Å²) in [6.45, 7) is 9.87. The maximum atomic E-state index is 9.38. The highest BCUT2D eigenvalue weighted by Crippen LogP contribution is 2.33. The van der Waals surface area contributed by atoms with Crippen LogP contribution < -0.4 is 4.90 Å². The van der Waals surface area contributed by atoms with E-state index in [1.54, 1.807) is 0 Å². The normalized spacial score (nSPS) is 20.5. The van der Waals surface area contributed by atoms with Crippen LogP contribution in [0.2, 0.25) is 0 Å². The molecule has 1 aliphatic heterocycles. The molecule has 1 aromatic carbocycles. The Morgan fingerprint density at radius 3 is 2.35 bits per heavy atom. The zero-order chi connectivity index (χ0) is 15.0. The fourth-order valence-corrected chi connectivity index (χ4v) is 3.16. The largest absolute Gasteiger partial charge is 0.366 e. The number of hydrogen-bond acceptors (Lipinski definition) is 3. The molecule has 0 spiro atoms. The highest BCUT2D eigenvalue weighted by atomic mass is 35.5. The molecule has 4 heteroatoms. The maximum Gasteiger partial charge on any atom is 0.101 e. The minimum atomic E-state index is -0.236. The first-order valence-electron chi connectivity index (χ1n) is 6.80. The lowest BCUT2D eigenvalue weighted by Gasteiger charge is -2.48. The number of morpholine rings is 1. The Morgan fingerprint density at radius 1 is 1.25 bits per heavy atom. The lowest BCUT2D eigenvalue weighted by Crippen LogP contribution is -2.57. The summed E-state index contributed by atoms with van der Waals surface area (Å²) in [7, 11) is 0. The third-order valence-corrected chi connectivity index (χ3v) is 3.68. The minimum Gasteiger partial charge on any atom is -0.366 e. The van der Waals surface area contributed by atoms with Gasteiger partial charge in [0.05, 0.1) is 22.5 Å². The van der Waals surface area contributed by atoms with E-state index >= 15 is 0 Å². The molecule has 1 aromatic rings. The summed E-state index contributed by atoms with van der Waals surface area (Å²) in [5.74, 6) is 0.426. The zero-order valence-electron chi connectivity index (χ0n) is 12.5. The van der Waals surface area contributed by atoms with Gasteiger partial charge in [0.2, 0.25) is 0 Å². The Kier molecular flexibility index (Phi) is 4.00. The van der Waals surface area contributed by atoms with Crippen molar-refractivity contribution in [1.29, 1.82) is 5.26 Å². The molecule has 20 heavy (non-hydrogen) atoms. The van der Waals surface area contributed by atoms with Crippen molar-refractivity contribution in [2.75, 3.05) is 18.0 Å². The molecule has 0 saturated carbocycles. The van der Waals surface area contributed by atoms with E-state index in [2.05, 4.69) is 38.7 Å². The van der Waals surface area contributed by atoms with Crippen molar-refractivity contribution >= 4 is 17.3 Å². The van der Waals surface area contributed by atoms with Gasteiger partial charge in [0.15, 0.2) is 0 Å². The standard InChI is InChI=1S/C16H21ClN2O/c1-15(2)10-19(11-16(3,4)20-15)14-6-5-12(8-17)7-13(14)9-18/h5-7H,8,10-11H2,1-4H3. The van der Waals surface area contributed by atoms with Crippen LogP contribution in [0.4, 0.5) is 5.69 Å². The Balaban J connectivity index is 2.38. The van der Waals surface area contributed by atoms with Crippen molar-refractivity contribution in [1.82, 2.24) is 0 Å². The summed E-state index contributed by atoms with van der Waals surface area (Å²) in [5.41, 5.74) is 2.14. The molecule has 0 unspecified atom stereocenters. The SMILES string of the molecule is CC1(C)CN(c2ccc(CCl)cc2C#N)CC(C)(C)O1. The molecule has 0 aliphatic carbocycles. The van der Waals surface area contributed by atoms with Gasteiger partial charge < -0.3 is 9.64 Å². The summed E-state index contributed by atoms with van der Waals surface area (Å²) in [5, 5.41) is 9.38. The van der Waals surface area contributed by atoms with E-state index in [4.69, 9.17) is 16.3 Å². The fourth-order valence-electron chi connectivity index (χ4n) is 2.99. The molecule has 3 nitrogen and oxygen atoms in total. The van der Waals surface area contributed by atoms with Crippen LogP contribution >= 0.6 is 11.6 Å². The molecule has 1 heterocycles. The molecular formula is C16H21ClN2O. The second-order valence-electron chi connectivity index (χ2n) is 6.57. The number of alkyl halides is 1. The second kappa shape index (κ2) is 5.27. The number of rotatable bonds is 2. The highest BCUT2D eigenvalue weighted by Gasteiger charge is 2.38. The fraction of sp³-hybridized carbons (Fsp3) is 0.562. The van der Waals surface area contributed by atoms with Crippen LogP contribution in [0.15, 0.2) is 18.2 Å². The molecule has 0 N–H and O–H groups in total. The summed E-state index contributed by atoms with van der Waals surface area (Å²) in [6.07, 6.45) is 0. The molecule has 0 radical (unpaired) electrons. The van der Waals surface area contributed by atoms with Crippen LogP contribution in [-0.4, -0.2) is 24.3 Å². The number of anilines is 1. The van der Waals surface area contributed by atoms with Crippen molar-refractivity contribution < 1.29 is 4.74 Å². The van der Waals surface area contributed by atoms with Crippen LogP contribution in [0.1, 0.15) is 38.8 Å². The third kappa shape index (κ3) is 3.26. The summed E-state index contributed by atoms with van der Waals surface area (Å²) in [6, 6.07) is 8.13. The Hall–Kier alpha value is -1.24. The van der Waals surface area contributed by atoms with Crippen molar-refractivity contribution in [3.8, 4) is 6.07 Å². The number of nitriles is 1. The van der Waals surface area contributed by atoms with Crippen molar-refractivity contribution in [2.24, 2.45) is 0 Å². The quantitative estimate of drug-likeness (QED) is 0.780. The van der Waals surface area contributed by atoms with E-state index in [0.29, 0.717) is 11.4 Å². The minimum absolute atomic E-state index is 0.236. The monoisotopic (exact) mass is 292 g/mol. The Morgan fingerprint density at radius 2 is 1.85 bits per heavy atom. The average molecular weight is 293 g/mol. The molecule has 1 saturated heterocycles. The first-order valence-corrected chi connectivity index (χ1v) is 7.34. The molecule has 0 bridgehead atoms. The van der Waals surface area contributed by atoms with Crippen LogP contribution in [0.5, 0.6) is 0 Å². The van der Waals surface area contributed by atoms with Crippen LogP contribution in [0.25, 0.3) is 0 Å². The van der Waals surface area contributed by atoms with Gasteiger partial charge in [-0.05, 0) is 45.4 Å². The molecule has 0 amide bonds. The number of hydrogen-bond donors (Lipinski definition) is 0. The summed E-state index contributed by atoms with van der Waals surface area (Å²) < 4.78 is 6.09. The Labute approximate surface area is 126 Å². The molecular weight excluding hydrogens is 272 g/mol. The van der Waals surface area contributed by atoms with Gasteiger partial charge in [0, 0.05) is 19.0 Å². The van der Waals surface area contributed by atoms with E-state index < -0.39 is 0 Å². The number of ether oxygens (including phenoxy) is 1. The van der Waals surface area contributed by atoms with Crippen molar-refractivity contribution in [3.63, 3.8) is 0 Å². The van der Waals surface area contributed by atoms with Gasteiger partial charge in [-0.25, -0.2) is 0 Å². The van der Waals surface area contributed by atoms with Crippen molar-refractivity contribution in [3.05, 3.63) is 29.3 Å². The lowest BCUT2D eigenvalue weighted by atomic mass is 9.97. The zero-order valence-corrected chi connectivity index (χ0v) is 13.3. The van der Waals surface area contributed by atoms with Gasteiger partial charge >= 0.3 is 0 Å². The summed E-state index contributed by atoms with van der Waals surface area (Å²) in [4.78, 5) is 2.24. The Bertz CT molecular complexity index is 530. The molecule has 1 aliphatic rings. The van der Waals surface area contributed by atoms with Gasteiger partial charge in [-0.2, -0.15) is 5.26 Å². The first kappa shape index (κ1) is 15.2. The van der Waals surface area contributed by atoms with E-state index in [1.165, 1.54) is 0 Å². The van der Waals surface area contributed by atoms with E-state index in [1.807, 2.05) is 18.2 Å². The van der Waals surface area contributed by atoms with Gasteiger partial charge in [-0.3, -0.25) is 0 Å². The smallest absolute Gasteiger partial charge is 0.101 e. The van der Waals surface area contributed by atoms with Gasteiger partial charge in [-0.15, -0.1) is 11.6 Å². The van der Waals surface area contributed by atoms with Crippen LogP contribution in [-0.2, 0) is 10.6 Å². The van der Waals surface area contributed by atoms with E-state index in [-0.39, 0.29) is 11.2 Å². The van der Waals surface area contributed by atoms with Gasteiger partial charge in [0.1, 0.15) is 6.07 Å². The molecule has 0 aromatic heterocycles. The summed E-state index contributed by atoms with van der Waals surface area (Å²) >= 11 is 5.84. The molecule has 2 rings (SSSR count). The van der Waals surface area contributed by atoms with Gasteiger partial charge in [-0.1, -0.05) is 6.07 Å². The molecule has 0 atom stereocenters. The lowest BCUT2D eigenvalue weighted by molar-refractivity contribution is -0.133. The average Bonchev–Trinajstić information content (AvgIpc) is 2.34. The van der Waals surface area contributed by atoms with Crippen LogP contribution in [0.3, 0.4) is 0 Å². The first-order chi connectivity index (χ1) is 9.26. The highest BCUT2D eigenvalue weighted by molar-refractivity contribution is 6.17. The molecule has 1 fully saturated rings. The third-order valence-electron chi connectivity index (χ3n) is 3.37. The predicted octanol–water partition coefficient (Wildman–Crippen LogP) is 3.69. The number of benzene rings is 1. The van der Waals surface area contributed by atoms with E-state index in [0.717, 1.165) is 24.3 Å².